The van der Waals surface area contributed by atoms with Crippen LogP contribution in [0.1, 0.15) is 246 Å². The number of ether oxygens (including phenoxy) is 1. The molecule has 1 heterocycles. The maximum absolute atomic E-state index is 13.8. The number of hydrogen-bond acceptors (Lipinski definition) is 9. The minimum absolute atomic E-state index is 0. The van der Waals surface area contributed by atoms with Crippen molar-refractivity contribution in [1.29, 1.82) is 0 Å². The normalized spacial score (nSPS) is 13.9. The van der Waals surface area contributed by atoms with Crippen molar-refractivity contribution in [3.63, 3.8) is 0 Å². The zero-order valence-corrected chi connectivity index (χ0v) is 62.5. The van der Waals surface area contributed by atoms with Gasteiger partial charge >= 0.3 is 98.8 Å². The molecule has 83 heavy (non-hydrogen) atoms. The Bertz CT molecular complexity index is 2320. The largest absolute Gasteiger partial charge is 2.00 e. The maximum Gasteiger partial charge on any atom is 2.00 e. The average molecular weight is 1420 g/mol. The van der Waals surface area contributed by atoms with Crippen molar-refractivity contribution in [1.82, 2.24) is 19.6 Å². The summed E-state index contributed by atoms with van der Waals surface area (Å²) < 4.78 is 4.94. The van der Waals surface area contributed by atoms with Gasteiger partial charge in [0.15, 0.2) is 0 Å². The van der Waals surface area contributed by atoms with Crippen molar-refractivity contribution in [3.8, 4) is 23.0 Å². The predicted molar refractivity (Wildman–Crippen MR) is 339 cm³/mol. The van der Waals surface area contributed by atoms with Crippen LogP contribution in [0, 0.1) is 98.8 Å². The molecule has 5 rings (SSSR count). The van der Waals surface area contributed by atoms with E-state index in [-0.39, 0.29) is 165 Å². The Morgan fingerprint density at radius 3 is 0.639 bits per heavy atom. The first-order valence-electron chi connectivity index (χ1n) is 30.2. The quantitative estimate of drug-likeness (QED) is 0.122. The smallest absolute Gasteiger partial charge is 0.872 e. The third-order valence-electron chi connectivity index (χ3n) is 15.5. The zero-order chi connectivity index (χ0) is 62.4. The number of benzene rings is 4. The molecule has 0 unspecified atom stereocenters. The van der Waals surface area contributed by atoms with Gasteiger partial charge in [0.05, 0.1) is 0 Å². The second-order valence-corrected chi connectivity index (χ2v) is 32.4. The van der Waals surface area contributed by atoms with E-state index < -0.39 is 0 Å². The Morgan fingerprint density at radius 2 is 0.506 bits per heavy atom. The van der Waals surface area contributed by atoms with Crippen LogP contribution in [0.3, 0.4) is 0 Å². The van der Waals surface area contributed by atoms with Crippen LogP contribution in [0.5, 0.6) is 23.0 Å². The number of rotatable bonds is 14. The number of nitrogens with zero attached hydrogens (tertiary/aromatic N) is 4. The minimum Gasteiger partial charge on any atom is -0.872 e. The Hall–Kier alpha value is -0.951. The molecule has 4 aromatic carbocycles. The SMILES string of the molecule is C1CCOC1.CN(C)CCN(Cc1cc(C(C)(C)C)cc(C(C)(C)C)c1[O-])Cc1cc(C(C)(C)C)cc(C(C)(C)C)c1[O-].CN(C)CCN(Cc1cc(C(C)(C)C)cc(C(C)(C)C)c1[O-])Cc1cc(C(C)(C)C)cc(C(C)(C)C)c1[O-].[Eu+2].[Eu+2]. The molecular weight excluding hydrogens is 1300 g/mol. The second-order valence-electron chi connectivity index (χ2n) is 32.4. The molecule has 0 atom stereocenters. The van der Waals surface area contributed by atoms with E-state index in [1.54, 1.807) is 0 Å². The van der Waals surface area contributed by atoms with E-state index in [1.807, 2.05) is 0 Å². The Kier molecular flexibility index (Phi) is 30.6. The third-order valence-corrected chi connectivity index (χ3v) is 15.5. The first-order valence-corrected chi connectivity index (χ1v) is 30.2. The molecule has 0 aliphatic carbocycles. The van der Waals surface area contributed by atoms with Gasteiger partial charge < -0.3 is 35.0 Å². The summed E-state index contributed by atoms with van der Waals surface area (Å²) in [5.74, 6) is 0.506. The molecule has 0 N–H and O–H groups in total. The summed E-state index contributed by atoms with van der Waals surface area (Å²) >= 11 is 0. The standard InChI is InChI=1S/2C34H56N2O2.C4H8O.2Eu/c2*1-31(2,3)25-17-23(29(37)27(19-25)33(7,8)9)21-36(16-15-35(13)14)22-24-18-26(32(4,5)6)20-28(30(24)38)34(10,11)12;1-2-4-5-3-1;;/h2*17-20,37-38H,15-16,21-22H2,1-14H3;1-4H2;;/q;;;2*+2/p-4. The molecule has 468 valence electrons. The summed E-state index contributed by atoms with van der Waals surface area (Å²) in [7, 11) is 8.25. The fourth-order valence-electron chi connectivity index (χ4n) is 9.77. The monoisotopic (exact) mass is 1420 g/mol. The average Bonchev–Trinajstić information content (AvgIpc) is 3.96. The van der Waals surface area contributed by atoms with Gasteiger partial charge in [-0.05, 0) is 151 Å². The van der Waals surface area contributed by atoms with Crippen molar-refractivity contribution in [2.24, 2.45) is 0 Å². The van der Waals surface area contributed by atoms with Gasteiger partial charge in [0.1, 0.15) is 0 Å². The third kappa shape index (κ3) is 25.1. The van der Waals surface area contributed by atoms with E-state index in [9.17, 15) is 20.4 Å². The van der Waals surface area contributed by atoms with Gasteiger partial charge in [0.25, 0.3) is 0 Å². The summed E-state index contributed by atoms with van der Waals surface area (Å²) in [6, 6.07) is 16.8. The molecule has 0 aromatic heterocycles. The molecule has 1 aliphatic heterocycles. The van der Waals surface area contributed by atoms with Crippen LogP contribution in [0.25, 0.3) is 0 Å². The fraction of sp³-hybridized carbons (Fsp3) is 0.667. The van der Waals surface area contributed by atoms with Crippen molar-refractivity contribution in [3.05, 3.63) is 115 Å². The van der Waals surface area contributed by atoms with E-state index >= 15 is 0 Å². The molecule has 2 radical (unpaired) electrons. The molecule has 1 saturated heterocycles. The van der Waals surface area contributed by atoms with Crippen LogP contribution >= 0.6 is 0 Å². The van der Waals surface area contributed by atoms with Gasteiger partial charge in [0.2, 0.25) is 0 Å². The van der Waals surface area contributed by atoms with Gasteiger partial charge in [-0.1, -0.05) is 215 Å². The molecule has 11 heteroatoms. The molecule has 1 fully saturated rings. The fourth-order valence-corrected chi connectivity index (χ4v) is 9.77. The van der Waals surface area contributed by atoms with Crippen molar-refractivity contribution in [2.45, 2.75) is 249 Å². The van der Waals surface area contributed by atoms with Gasteiger partial charge in [0, 0.05) is 65.6 Å². The van der Waals surface area contributed by atoms with Gasteiger partial charge in [-0.2, -0.15) is 0 Å². The molecule has 0 spiro atoms. The zero-order valence-electron chi connectivity index (χ0n) is 57.7. The summed E-state index contributed by atoms with van der Waals surface area (Å²) in [6.45, 7) is 59.0. The van der Waals surface area contributed by atoms with Gasteiger partial charge in [-0.15, -0.1) is 23.0 Å². The van der Waals surface area contributed by atoms with Crippen molar-refractivity contribution in [2.75, 3.05) is 67.6 Å². The van der Waals surface area contributed by atoms with E-state index in [2.05, 4.69) is 262 Å². The molecule has 0 amide bonds. The minimum atomic E-state index is -0.244. The Morgan fingerprint density at radius 1 is 0.313 bits per heavy atom. The summed E-state index contributed by atoms with van der Waals surface area (Å²) in [5, 5.41) is 55.0. The van der Waals surface area contributed by atoms with Crippen LogP contribution in [0.15, 0.2) is 48.5 Å². The van der Waals surface area contributed by atoms with Gasteiger partial charge in [-0.3, -0.25) is 9.80 Å². The van der Waals surface area contributed by atoms with Crippen LogP contribution in [0.4, 0.5) is 0 Å². The van der Waals surface area contributed by atoms with E-state index in [4.69, 9.17) is 4.74 Å². The number of hydrogen-bond donors (Lipinski definition) is 0. The Balaban J connectivity index is 0.000000746. The summed E-state index contributed by atoms with van der Waals surface area (Å²) in [5.41, 5.74) is 10.2. The second kappa shape index (κ2) is 31.7. The van der Waals surface area contributed by atoms with E-state index in [0.717, 1.165) is 83.9 Å². The van der Waals surface area contributed by atoms with Crippen molar-refractivity contribution >= 4 is 0 Å². The van der Waals surface area contributed by atoms with E-state index in [1.165, 1.54) is 35.1 Å². The molecule has 9 nitrogen and oxygen atoms in total. The van der Waals surface area contributed by atoms with Crippen LogP contribution < -0.4 is 20.4 Å². The topological polar surface area (TPSA) is 114 Å². The molecule has 1 aliphatic rings. The maximum atomic E-state index is 13.8. The van der Waals surface area contributed by atoms with Crippen LogP contribution in [0.2, 0.25) is 0 Å². The molecule has 0 saturated carbocycles. The predicted octanol–water partition coefficient (Wildman–Crippen LogP) is 14.0. The first-order chi connectivity index (χ1) is 36.5. The van der Waals surface area contributed by atoms with Crippen LogP contribution in [-0.2, 0) is 74.2 Å². The van der Waals surface area contributed by atoms with Gasteiger partial charge in [-0.25, -0.2) is 0 Å². The molecule has 0 bridgehead atoms. The van der Waals surface area contributed by atoms with E-state index in [0.29, 0.717) is 26.2 Å². The van der Waals surface area contributed by atoms with Crippen molar-refractivity contribution < 1.29 is 124 Å². The molecular formula is C72H116Eu2N4O5. The number of likely N-dealkylation sites (N-methyl/N-ethyl adjacent to an activating group) is 2. The van der Waals surface area contributed by atoms with Crippen LogP contribution in [-0.4, -0.2) is 87.2 Å². The first kappa shape index (κ1) is 80.1. The molecule has 4 aromatic rings. The summed E-state index contributed by atoms with van der Waals surface area (Å²) in [4.78, 5) is 8.87. The summed E-state index contributed by atoms with van der Waals surface area (Å²) in [6.07, 6.45) is 2.56. The Labute approximate surface area is 591 Å².